The first-order valence-electron chi connectivity index (χ1n) is 8.16. The summed E-state index contributed by atoms with van der Waals surface area (Å²) < 4.78 is 11.3. The molecule has 2 aromatic carbocycles. The second kappa shape index (κ2) is 10.2. The summed E-state index contributed by atoms with van der Waals surface area (Å²) in [6.45, 7) is 6.74. The number of nitrogens with one attached hydrogen (secondary N) is 2. The van der Waals surface area contributed by atoms with Crippen LogP contribution in [0.4, 0.5) is 0 Å². The normalized spacial score (nSPS) is 10.4. The molecule has 0 aromatic heterocycles. The number of nitrogens with zero attached hydrogens (tertiary/aromatic N) is 1. The molecule has 0 saturated carbocycles. The van der Waals surface area contributed by atoms with Crippen LogP contribution in [0.25, 0.3) is 0 Å². The van der Waals surface area contributed by atoms with Crippen LogP contribution in [0.15, 0.2) is 60.2 Å². The van der Waals surface area contributed by atoms with Gasteiger partial charge in [-0.25, -0.2) is 0 Å². The standard InChI is InChI=1S/C20H23N3O2S/c1-4-11-21-20(26)23-22-13-17-9-10-18(19(12-17)24-3)25-14-16-7-5-15(2)6-8-16/h4-10,12-13H,1,11,14H2,2-3H3,(H2,21,23,26)/b22-13+. The number of hydrazone groups is 1. The average Bonchev–Trinajstić information content (AvgIpc) is 2.66. The predicted octanol–water partition coefficient (Wildman–Crippen LogP) is 3.57. The Morgan fingerprint density at radius 1 is 1.19 bits per heavy atom. The topological polar surface area (TPSA) is 54.9 Å². The summed E-state index contributed by atoms with van der Waals surface area (Å²) in [6.07, 6.45) is 3.38. The fourth-order valence-corrected chi connectivity index (χ4v) is 2.23. The molecule has 0 unspecified atom stereocenters. The van der Waals surface area contributed by atoms with Crippen molar-refractivity contribution in [1.29, 1.82) is 0 Å². The highest BCUT2D eigenvalue weighted by Crippen LogP contribution is 2.28. The van der Waals surface area contributed by atoms with Crippen molar-refractivity contribution in [3.63, 3.8) is 0 Å². The lowest BCUT2D eigenvalue weighted by atomic mass is 10.2. The molecule has 0 radical (unpaired) electrons. The quantitative estimate of drug-likeness (QED) is 0.322. The molecule has 0 aliphatic heterocycles. The third-order valence-electron chi connectivity index (χ3n) is 3.49. The highest BCUT2D eigenvalue weighted by molar-refractivity contribution is 7.80. The van der Waals surface area contributed by atoms with Gasteiger partial charge in [-0.2, -0.15) is 5.10 Å². The van der Waals surface area contributed by atoms with Crippen molar-refractivity contribution in [2.24, 2.45) is 5.10 Å². The van der Waals surface area contributed by atoms with Crippen molar-refractivity contribution in [3.8, 4) is 11.5 Å². The maximum Gasteiger partial charge on any atom is 0.187 e. The van der Waals surface area contributed by atoms with E-state index in [1.54, 1.807) is 19.4 Å². The smallest absolute Gasteiger partial charge is 0.187 e. The Labute approximate surface area is 159 Å². The van der Waals surface area contributed by atoms with Crippen LogP contribution in [-0.2, 0) is 6.61 Å². The van der Waals surface area contributed by atoms with E-state index >= 15 is 0 Å². The highest BCUT2D eigenvalue weighted by Gasteiger charge is 2.05. The zero-order valence-electron chi connectivity index (χ0n) is 15.0. The Morgan fingerprint density at radius 2 is 1.96 bits per heavy atom. The molecule has 5 nitrogen and oxygen atoms in total. The van der Waals surface area contributed by atoms with Gasteiger partial charge in [0.15, 0.2) is 16.6 Å². The van der Waals surface area contributed by atoms with E-state index in [0.29, 0.717) is 29.8 Å². The van der Waals surface area contributed by atoms with Crippen LogP contribution in [0.3, 0.4) is 0 Å². The minimum Gasteiger partial charge on any atom is -0.493 e. The second-order valence-corrected chi connectivity index (χ2v) is 5.96. The van der Waals surface area contributed by atoms with Crippen LogP contribution < -0.4 is 20.2 Å². The van der Waals surface area contributed by atoms with Crippen LogP contribution >= 0.6 is 12.2 Å². The van der Waals surface area contributed by atoms with E-state index in [4.69, 9.17) is 21.7 Å². The summed E-state index contributed by atoms with van der Waals surface area (Å²) in [4.78, 5) is 0. The maximum atomic E-state index is 5.87. The SMILES string of the molecule is C=CCNC(=S)N/N=C/c1ccc(OCc2ccc(C)cc2)c(OC)c1. The van der Waals surface area contributed by atoms with Crippen molar-refractivity contribution >= 4 is 23.5 Å². The molecule has 0 amide bonds. The number of hydrogen-bond donors (Lipinski definition) is 2. The lowest BCUT2D eigenvalue weighted by molar-refractivity contribution is 0.284. The first-order valence-corrected chi connectivity index (χ1v) is 8.57. The third kappa shape index (κ3) is 6.22. The van der Waals surface area contributed by atoms with Gasteiger partial charge < -0.3 is 14.8 Å². The molecule has 0 bridgehead atoms. The second-order valence-electron chi connectivity index (χ2n) is 5.55. The molecule has 136 valence electrons. The molecule has 2 N–H and O–H groups in total. The average molecular weight is 369 g/mol. The molecule has 2 rings (SSSR count). The van der Waals surface area contributed by atoms with E-state index < -0.39 is 0 Å². The Kier molecular flexibility index (Phi) is 7.64. The number of hydrogen-bond acceptors (Lipinski definition) is 4. The largest absolute Gasteiger partial charge is 0.493 e. The molecule has 0 saturated heterocycles. The van der Waals surface area contributed by atoms with Crippen LogP contribution in [0.1, 0.15) is 16.7 Å². The fourth-order valence-electron chi connectivity index (χ4n) is 2.10. The number of thiocarbonyl (C=S) groups is 1. The molecule has 0 fully saturated rings. The summed E-state index contributed by atoms with van der Waals surface area (Å²) in [6, 6.07) is 13.9. The van der Waals surface area contributed by atoms with Crippen molar-refractivity contribution in [3.05, 3.63) is 71.8 Å². The first kappa shape index (κ1) is 19.5. The van der Waals surface area contributed by atoms with Crippen molar-refractivity contribution in [2.45, 2.75) is 13.5 Å². The lowest BCUT2D eigenvalue weighted by Crippen LogP contribution is -2.31. The number of ether oxygens (including phenoxy) is 2. The summed E-state index contributed by atoms with van der Waals surface area (Å²) in [5.41, 5.74) is 5.93. The van der Waals surface area contributed by atoms with E-state index in [1.807, 2.05) is 18.2 Å². The number of methoxy groups -OCH3 is 1. The van der Waals surface area contributed by atoms with E-state index in [2.05, 4.69) is 53.6 Å². The fraction of sp³-hybridized carbons (Fsp3) is 0.200. The number of rotatable bonds is 8. The molecule has 6 heteroatoms. The van der Waals surface area contributed by atoms with Gasteiger partial charge in [0.05, 0.1) is 13.3 Å². The molecule has 0 aliphatic rings. The molecule has 2 aromatic rings. The van der Waals surface area contributed by atoms with E-state index in [0.717, 1.165) is 11.1 Å². The van der Waals surface area contributed by atoms with E-state index in [9.17, 15) is 0 Å². The zero-order chi connectivity index (χ0) is 18.8. The number of benzene rings is 2. The minimum atomic E-state index is 0.436. The molecule has 26 heavy (non-hydrogen) atoms. The van der Waals surface area contributed by atoms with Gasteiger partial charge in [-0.3, -0.25) is 5.43 Å². The molecular formula is C20H23N3O2S. The van der Waals surface area contributed by atoms with E-state index in [1.165, 1.54) is 5.56 Å². The third-order valence-corrected chi connectivity index (χ3v) is 3.72. The van der Waals surface area contributed by atoms with Gasteiger partial charge in [0.1, 0.15) is 6.61 Å². The van der Waals surface area contributed by atoms with Crippen LogP contribution in [-0.4, -0.2) is 25.0 Å². The Bertz CT molecular complexity index is 773. The van der Waals surface area contributed by atoms with Gasteiger partial charge in [0.25, 0.3) is 0 Å². The van der Waals surface area contributed by atoms with Gasteiger partial charge in [0, 0.05) is 6.54 Å². The number of aryl methyl sites for hydroxylation is 1. The monoisotopic (exact) mass is 369 g/mol. The summed E-state index contributed by atoms with van der Waals surface area (Å²) in [7, 11) is 1.61. The molecule has 0 spiro atoms. The van der Waals surface area contributed by atoms with Crippen molar-refractivity contribution in [2.75, 3.05) is 13.7 Å². The Balaban J connectivity index is 1.96. The summed E-state index contributed by atoms with van der Waals surface area (Å²) >= 11 is 5.06. The predicted molar refractivity (Wildman–Crippen MR) is 110 cm³/mol. The lowest BCUT2D eigenvalue weighted by Gasteiger charge is -2.11. The highest BCUT2D eigenvalue weighted by atomic mass is 32.1. The molecular weight excluding hydrogens is 346 g/mol. The Morgan fingerprint density at radius 3 is 2.65 bits per heavy atom. The van der Waals surface area contributed by atoms with Gasteiger partial charge in [-0.05, 0) is 48.5 Å². The Hall–Kier alpha value is -2.86. The molecule has 0 aliphatic carbocycles. The van der Waals surface area contributed by atoms with Crippen LogP contribution in [0, 0.1) is 6.92 Å². The minimum absolute atomic E-state index is 0.436. The van der Waals surface area contributed by atoms with Crippen LogP contribution in [0.2, 0.25) is 0 Å². The maximum absolute atomic E-state index is 5.87. The van der Waals surface area contributed by atoms with E-state index in [-0.39, 0.29) is 0 Å². The summed E-state index contributed by atoms with van der Waals surface area (Å²) in [5, 5.41) is 7.46. The molecule has 0 atom stereocenters. The van der Waals surface area contributed by atoms with Gasteiger partial charge >= 0.3 is 0 Å². The van der Waals surface area contributed by atoms with Gasteiger partial charge in [-0.15, -0.1) is 6.58 Å². The molecule has 0 heterocycles. The first-order chi connectivity index (χ1) is 12.6. The van der Waals surface area contributed by atoms with Gasteiger partial charge in [-0.1, -0.05) is 35.9 Å². The zero-order valence-corrected chi connectivity index (χ0v) is 15.8. The van der Waals surface area contributed by atoms with Gasteiger partial charge in [0.2, 0.25) is 0 Å². The van der Waals surface area contributed by atoms with Crippen molar-refractivity contribution < 1.29 is 9.47 Å². The summed E-state index contributed by atoms with van der Waals surface area (Å²) in [5.74, 6) is 1.33. The van der Waals surface area contributed by atoms with Crippen LogP contribution in [0.5, 0.6) is 11.5 Å². The van der Waals surface area contributed by atoms with Crippen molar-refractivity contribution in [1.82, 2.24) is 10.7 Å².